The molecule has 1 fully saturated rings. The van der Waals surface area contributed by atoms with Crippen LogP contribution in [-0.2, 0) is 11.2 Å². The number of rotatable bonds is 4. The SMILES string of the molecule is CCC(N)Cc1ccc(N2CC(C)OCC2C)cc1Cl. The van der Waals surface area contributed by atoms with Gasteiger partial charge in [-0.05, 0) is 44.4 Å². The number of anilines is 1. The summed E-state index contributed by atoms with van der Waals surface area (Å²) in [4.78, 5) is 2.36. The predicted octanol–water partition coefficient (Wildman–Crippen LogP) is 3.23. The van der Waals surface area contributed by atoms with Gasteiger partial charge in [0.15, 0.2) is 0 Å². The number of ether oxygens (including phenoxy) is 1. The third-order valence-electron chi connectivity index (χ3n) is 3.98. The zero-order chi connectivity index (χ0) is 14.7. The molecule has 4 heteroatoms. The van der Waals surface area contributed by atoms with Crippen LogP contribution >= 0.6 is 11.6 Å². The molecule has 3 unspecified atom stereocenters. The van der Waals surface area contributed by atoms with Crippen LogP contribution in [0.2, 0.25) is 5.02 Å². The molecule has 1 saturated heterocycles. The average Bonchev–Trinajstić information content (AvgIpc) is 2.43. The Bertz CT molecular complexity index is 452. The van der Waals surface area contributed by atoms with Crippen LogP contribution in [0.3, 0.4) is 0 Å². The highest BCUT2D eigenvalue weighted by Crippen LogP contribution is 2.28. The van der Waals surface area contributed by atoms with E-state index in [0.717, 1.165) is 36.6 Å². The minimum atomic E-state index is 0.181. The van der Waals surface area contributed by atoms with E-state index in [9.17, 15) is 0 Å². The van der Waals surface area contributed by atoms with Crippen LogP contribution in [-0.4, -0.2) is 31.3 Å². The topological polar surface area (TPSA) is 38.5 Å². The summed E-state index contributed by atoms with van der Waals surface area (Å²) in [6.45, 7) is 8.06. The first-order valence-corrected chi connectivity index (χ1v) is 7.81. The zero-order valence-corrected chi connectivity index (χ0v) is 13.4. The summed E-state index contributed by atoms with van der Waals surface area (Å²) < 4.78 is 5.67. The molecule has 0 radical (unpaired) electrons. The van der Waals surface area contributed by atoms with Crippen molar-refractivity contribution in [2.24, 2.45) is 5.73 Å². The van der Waals surface area contributed by atoms with Crippen LogP contribution in [0.4, 0.5) is 5.69 Å². The fourth-order valence-corrected chi connectivity index (χ4v) is 2.82. The van der Waals surface area contributed by atoms with E-state index in [1.165, 1.54) is 5.69 Å². The number of morpholine rings is 1. The van der Waals surface area contributed by atoms with Crippen LogP contribution in [0.1, 0.15) is 32.8 Å². The standard InChI is InChI=1S/C16H25ClN2O/c1-4-14(18)7-13-5-6-15(8-16(13)17)19-9-12(3)20-10-11(19)2/h5-6,8,11-12,14H,4,7,9-10,18H2,1-3H3. The Balaban J connectivity index is 2.15. The van der Waals surface area contributed by atoms with Crippen molar-refractivity contribution in [3.8, 4) is 0 Å². The number of hydrogen-bond donors (Lipinski definition) is 1. The van der Waals surface area contributed by atoms with Gasteiger partial charge in [-0.15, -0.1) is 0 Å². The Morgan fingerprint density at radius 3 is 2.85 bits per heavy atom. The molecule has 0 spiro atoms. The molecule has 1 heterocycles. The normalized spacial score (nSPS) is 24.8. The molecule has 0 bridgehead atoms. The number of halogens is 1. The van der Waals surface area contributed by atoms with Gasteiger partial charge in [-0.1, -0.05) is 24.6 Å². The summed E-state index contributed by atoms with van der Waals surface area (Å²) in [6, 6.07) is 6.89. The van der Waals surface area contributed by atoms with Gasteiger partial charge in [0.2, 0.25) is 0 Å². The summed E-state index contributed by atoms with van der Waals surface area (Å²) >= 11 is 6.42. The van der Waals surface area contributed by atoms with E-state index in [4.69, 9.17) is 22.1 Å². The quantitative estimate of drug-likeness (QED) is 0.927. The smallest absolute Gasteiger partial charge is 0.0723 e. The van der Waals surface area contributed by atoms with E-state index in [2.05, 4.69) is 43.9 Å². The lowest BCUT2D eigenvalue weighted by molar-refractivity contribution is 0.0344. The Morgan fingerprint density at radius 2 is 2.20 bits per heavy atom. The minimum Gasteiger partial charge on any atom is -0.375 e. The molecule has 3 nitrogen and oxygen atoms in total. The number of hydrogen-bond acceptors (Lipinski definition) is 3. The van der Waals surface area contributed by atoms with Crippen LogP contribution < -0.4 is 10.6 Å². The molecule has 0 amide bonds. The van der Waals surface area contributed by atoms with Crippen molar-refractivity contribution in [2.45, 2.75) is 51.8 Å². The molecule has 2 rings (SSSR count). The lowest BCUT2D eigenvalue weighted by Gasteiger charge is -2.38. The van der Waals surface area contributed by atoms with E-state index < -0.39 is 0 Å². The Hall–Kier alpha value is -0.770. The van der Waals surface area contributed by atoms with Gasteiger partial charge in [0.1, 0.15) is 0 Å². The van der Waals surface area contributed by atoms with Gasteiger partial charge in [-0.2, -0.15) is 0 Å². The maximum Gasteiger partial charge on any atom is 0.0723 e. The largest absolute Gasteiger partial charge is 0.375 e. The summed E-state index contributed by atoms with van der Waals surface area (Å²) in [5, 5.41) is 0.817. The van der Waals surface area contributed by atoms with Gasteiger partial charge < -0.3 is 15.4 Å². The molecule has 3 atom stereocenters. The Morgan fingerprint density at radius 1 is 1.45 bits per heavy atom. The summed E-state index contributed by atoms with van der Waals surface area (Å²) in [7, 11) is 0. The first kappa shape index (κ1) is 15.6. The number of benzene rings is 1. The van der Waals surface area contributed by atoms with Gasteiger partial charge in [0.25, 0.3) is 0 Å². The summed E-state index contributed by atoms with van der Waals surface area (Å²) in [6.07, 6.45) is 2.07. The molecule has 2 N–H and O–H groups in total. The predicted molar refractivity (Wildman–Crippen MR) is 85.6 cm³/mol. The van der Waals surface area contributed by atoms with Crippen LogP contribution in [0, 0.1) is 0 Å². The Labute approximate surface area is 127 Å². The summed E-state index contributed by atoms with van der Waals surface area (Å²) in [5.74, 6) is 0. The van der Waals surface area contributed by atoms with Crippen molar-refractivity contribution in [1.29, 1.82) is 0 Å². The number of nitrogens with zero attached hydrogens (tertiary/aromatic N) is 1. The van der Waals surface area contributed by atoms with Crippen molar-refractivity contribution in [2.75, 3.05) is 18.1 Å². The van der Waals surface area contributed by atoms with E-state index in [0.29, 0.717) is 6.04 Å². The monoisotopic (exact) mass is 296 g/mol. The first-order chi connectivity index (χ1) is 9.51. The molecule has 1 aliphatic rings. The maximum atomic E-state index is 6.42. The lowest BCUT2D eigenvalue weighted by Crippen LogP contribution is -2.47. The lowest BCUT2D eigenvalue weighted by atomic mass is 10.0. The molecule has 0 aliphatic carbocycles. The van der Waals surface area contributed by atoms with E-state index >= 15 is 0 Å². The van der Waals surface area contributed by atoms with Gasteiger partial charge in [0.05, 0.1) is 12.7 Å². The minimum absolute atomic E-state index is 0.181. The Kier molecular flexibility index (Phi) is 5.30. The summed E-state index contributed by atoms with van der Waals surface area (Å²) in [5.41, 5.74) is 8.32. The van der Waals surface area contributed by atoms with E-state index in [1.807, 2.05) is 0 Å². The van der Waals surface area contributed by atoms with Crippen LogP contribution in [0.5, 0.6) is 0 Å². The molecule has 1 aromatic rings. The second kappa shape index (κ2) is 6.79. The highest BCUT2D eigenvalue weighted by atomic mass is 35.5. The molecular weight excluding hydrogens is 272 g/mol. The molecular formula is C16H25ClN2O. The molecule has 0 aromatic heterocycles. The van der Waals surface area contributed by atoms with Crippen molar-refractivity contribution in [3.05, 3.63) is 28.8 Å². The molecule has 1 aromatic carbocycles. The molecule has 112 valence electrons. The molecule has 20 heavy (non-hydrogen) atoms. The fraction of sp³-hybridized carbons (Fsp3) is 0.625. The maximum absolute atomic E-state index is 6.42. The first-order valence-electron chi connectivity index (χ1n) is 7.43. The van der Waals surface area contributed by atoms with Crippen LogP contribution in [0.25, 0.3) is 0 Å². The van der Waals surface area contributed by atoms with Crippen molar-refractivity contribution in [1.82, 2.24) is 0 Å². The zero-order valence-electron chi connectivity index (χ0n) is 12.6. The molecule has 0 saturated carbocycles. The van der Waals surface area contributed by atoms with Crippen molar-refractivity contribution < 1.29 is 4.74 Å². The highest BCUT2D eigenvalue weighted by molar-refractivity contribution is 6.31. The highest BCUT2D eigenvalue weighted by Gasteiger charge is 2.24. The number of nitrogens with two attached hydrogens (primary N) is 1. The van der Waals surface area contributed by atoms with Gasteiger partial charge in [0, 0.05) is 29.3 Å². The third-order valence-corrected chi connectivity index (χ3v) is 4.33. The molecule has 1 aliphatic heterocycles. The van der Waals surface area contributed by atoms with Crippen molar-refractivity contribution in [3.63, 3.8) is 0 Å². The average molecular weight is 297 g/mol. The van der Waals surface area contributed by atoms with Crippen LogP contribution in [0.15, 0.2) is 18.2 Å². The second-order valence-corrected chi connectivity index (χ2v) is 6.20. The van der Waals surface area contributed by atoms with Gasteiger partial charge >= 0.3 is 0 Å². The third kappa shape index (κ3) is 3.66. The fourth-order valence-electron chi connectivity index (χ4n) is 2.57. The van der Waals surface area contributed by atoms with Crippen molar-refractivity contribution >= 4 is 17.3 Å². The van der Waals surface area contributed by atoms with E-state index in [1.54, 1.807) is 0 Å². The second-order valence-electron chi connectivity index (χ2n) is 5.79. The van der Waals surface area contributed by atoms with Gasteiger partial charge in [-0.3, -0.25) is 0 Å². The van der Waals surface area contributed by atoms with Gasteiger partial charge in [-0.25, -0.2) is 0 Å². The van der Waals surface area contributed by atoms with E-state index in [-0.39, 0.29) is 12.1 Å².